The molecule has 1 aromatic carbocycles. The third-order valence-electron chi connectivity index (χ3n) is 2.80. The molecule has 0 aliphatic carbocycles. The minimum Gasteiger partial charge on any atom is -0.465 e. The van der Waals surface area contributed by atoms with Crippen molar-refractivity contribution in [2.45, 2.75) is 6.92 Å². The number of carbonyl (C=O) groups excluding carboxylic acids is 2. The molecule has 0 aliphatic rings. The largest absolute Gasteiger partial charge is 0.465 e. The molecule has 0 atom stereocenters. The van der Waals surface area contributed by atoms with E-state index in [1.165, 1.54) is 0 Å². The first-order valence-corrected chi connectivity index (χ1v) is 6.77. The number of aryl methyl sites for hydroxylation is 1. The Morgan fingerprint density at radius 3 is 2.45 bits per heavy atom. The van der Waals surface area contributed by atoms with E-state index in [9.17, 15) is 18.4 Å². The van der Waals surface area contributed by atoms with Crippen LogP contribution >= 0.6 is 15.9 Å². The third kappa shape index (κ3) is 3.16. The molecule has 5 nitrogen and oxygen atoms in total. The van der Waals surface area contributed by atoms with Gasteiger partial charge in [0.25, 0.3) is 5.91 Å². The second-order valence-corrected chi connectivity index (χ2v) is 5.10. The summed E-state index contributed by atoms with van der Waals surface area (Å²) < 4.78 is 37.1. The summed E-state index contributed by atoms with van der Waals surface area (Å²) in [6.07, 6.45) is 0. The Hall–Kier alpha value is -2.22. The first-order chi connectivity index (χ1) is 10.3. The van der Waals surface area contributed by atoms with Crippen molar-refractivity contribution in [3.63, 3.8) is 0 Å². The lowest BCUT2D eigenvalue weighted by molar-refractivity contribution is 0.0595. The van der Waals surface area contributed by atoms with Crippen LogP contribution in [-0.4, -0.2) is 19.0 Å². The van der Waals surface area contributed by atoms with Gasteiger partial charge in [0.05, 0.1) is 18.4 Å². The summed E-state index contributed by atoms with van der Waals surface area (Å²) >= 11 is 3.07. The van der Waals surface area contributed by atoms with Gasteiger partial charge in [-0.15, -0.1) is 0 Å². The number of anilines is 1. The average Bonchev–Trinajstić information content (AvgIpc) is 2.79. The molecule has 2 aromatic rings. The maximum Gasteiger partial charge on any atom is 0.340 e. The van der Waals surface area contributed by atoms with Gasteiger partial charge in [-0.25, -0.2) is 13.6 Å². The van der Waals surface area contributed by atoms with Crippen LogP contribution in [0.25, 0.3) is 0 Å². The van der Waals surface area contributed by atoms with Gasteiger partial charge in [-0.2, -0.15) is 0 Å². The Kier molecular flexibility index (Phi) is 4.60. The average molecular weight is 374 g/mol. The standard InChI is InChI=1S/C14H10BrF2NO4/c1-6-3-11(15)22-12(6)13(19)18-10-4-7(14(20)21-2)8(16)5-9(10)17/h3-5H,1-2H3,(H,18,19). The predicted molar refractivity (Wildman–Crippen MR) is 76.8 cm³/mol. The molecular formula is C14H10BrF2NO4. The zero-order chi connectivity index (χ0) is 16.4. The van der Waals surface area contributed by atoms with E-state index in [1.54, 1.807) is 13.0 Å². The molecule has 1 heterocycles. The van der Waals surface area contributed by atoms with E-state index in [0.29, 0.717) is 16.3 Å². The highest BCUT2D eigenvalue weighted by atomic mass is 79.9. The van der Waals surface area contributed by atoms with Crippen molar-refractivity contribution in [2.24, 2.45) is 0 Å². The molecule has 1 amide bonds. The molecule has 116 valence electrons. The van der Waals surface area contributed by atoms with Crippen LogP contribution in [0.2, 0.25) is 0 Å². The predicted octanol–water partition coefficient (Wildman–Crippen LogP) is 3.67. The maximum absolute atomic E-state index is 13.7. The van der Waals surface area contributed by atoms with Gasteiger partial charge < -0.3 is 14.5 Å². The molecule has 0 saturated carbocycles. The zero-order valence-corrected chi connectivity index (χ0v) is 13.1. The molecule has 0 radical (unpaired) electrons. The van der Waals surface area contributed by atoms with Crippen LogP contribution in [0.3, 0.4) is 0 Å². The van der Waals surface area contributed by atoms with Crippen LogP contribution in [-0.2, 0) is 4.74 Å². The first-order valence-electron chi connectivity index (χ1n) is 5.98. The SMILES string of the molecule is COC(=O)c1cc(NC(=O)c2oc(Br)cc2C)c(F)cc1F. The number of esters is 1. The van der Waals surface area contributed by atoms with Crippen LogP contribution < -0.4 is 5.32 Å². The highest BCUT2D eigenvalue weighted by molar-refractivity contribution is 9.10. The van der Waals surface area contributed by atoms with E-state index in [0.717, 1.165) is 13.2 Å². The van der Waals surface area contributed by atoms with Crippen molar-refractivity contribution in [1.82, 2.24) is 0 Å². The number of hydrogen-bond acceptors (Lipinski definition) is 4. The number of furan rings is 1. The van der Waals surface area contributed by atoms with E-state index in [2.05, 4.69) is 26.0 Å². The van der Waals surface area contributed by atoms with E-state index < -0.39 is 29.1 Å². The number of carbonyl (C=O) groups is 2. The van der Waals surface area contributed by atoms with Crippen LogP contribution in [0.1, 0.15) is 26.5 Å². The van der Waals surface area contributed by atoms with Crippen molar-refractivity contribution in [2.75, 3.05) is 12.4 Å². The Balaban J connectivity index is 2.35. The summed E-state index contributed by atoms with van der Waals surface area (Å²) in [6.45, 7) is 1.63. The van der Waals surface area contributed by atoms with Crippen LogP contribution in [0.15, 0.2) is 27.3 Å². The second-order valence-electron chi connectivity index (χ2n) is 4.32. The Morgan fingerprint density at radius 1 is 1.23 bits per heavy atom. The summed E-state index contributed by atoms with van der Waals surface area (Å²) in [7, 11) is 1.06. The molecule has 0 unspecified atom stereocenters. The molecule has 8 heteroatoms. The number of benzene rings is 1. The van der Waals surface area contributed by atoms with E-state index >= 15 is 0 Å². The van der Waals surface area contributed by atoms with Crippen molar-refractivity contribution < 1.29 is 27.5 Å². The fourth-order valence-electron chi connectivity index (χ4n) is 1.76. The van der Waals surface area contributed by atoms with E-state index in [-0.39, 0.29) is 11.4 Å². The number of hydrogen-bond donors (Lipinski definition) is 1. The van der Waals surface area contributed by atoms with Crippen molar-refractivity contribution in [1.29, 1.82) is 0 Å². The van der Waals surface area contributed by atoms with Gasteiger partial charge >= 0.3 is 5.97 Å². The smallest absolute Gasteiger partial charge is 0.340 e. The van der Waals surface area contributed by atoms with Gasteiger partial charge in [0.2, 0.25) is 0 Å². The van der Waals surface area contributed by atoms with Crippen molar-refractivity contribution in [3.05, 3.63) is 51.4 Å². The summed E-state index contributed by atoms with van der Waals surface area (Å²) in [5, 5.41) is 2.22. The Morgan fingerprint density at radius 2 is 1.91 bits per heavy atom. The van der Waals surface area contributed by atoms with Crippen molar-refractivity contribution >= 4 is 33.5 Å². The lowest BCUT2D eigenvalue weighted by Crippen LogP contribution is -2.15. The quantitative estimate of drug-likeness (QED) is 0.833. The lowest BCUT2D eigenvalue weighted by atomic mass is 10.1. The minimum atomic E-state index is -1.08. The van der Waals surface area contributed by atoms with Crippen molar-refractivity contribution in [3.8, 4) is 0 Å². The Bertz CT molecular complexity index is 758. The number of ether oxygens (including phenoxy) is 1. The maximum atomic E-state index is 13.7. The summed E-state index contributed by atoms with van der Waals surface area (Å²) in [5.41, 5.74) is -0.324. The zero-order valence-electron chi connectivity index (χ0n) is 11.5. The highest BCUT2D eigenvalue weighted by Crippen LogP contribution is 2.24. The van der Waals surface area contributed by atoms with Gasteiger partial charge in [-0.05, 0) is 35.0 Å². The molecule has 1 aromatic heterocycles. The molecular weight excluding hydrogens is 364 g/mol. The van der Waals surface area contributed by atoms with E-state index in [4.69, 9.17) is 4.42 Å². The number of rotatable bonds is 3. The van der Waals surface area contributed by atoms with Crippen LogP contribution in [0.5, 0.6) is 0 Å². The van der Waals surface area contributed by atoms with Crippen LogP contribution in [0, 0.1) is 18.6 Å². The molecule has 1 N–H and O–H groups in total. The minimum absolute atomic E-state index is 0.0322. The number of nitrogens with one attached hydrogen (secondary N) is 1. The fourth-order valence-corrected chi connectivity index (χ4v) is 2.26. The number of halogens is 3. The third-order valence-corrected chi connectivity index (χ3v) is 3.19. The van der Waals surface area contributed by atoms with Gasteiger partial charge in [-0.1, -0.05) is 0 Å². The van der Waals surface area contributed by atoms with E-state index in [1.807, 2.05) is 0 Å². The molecule has 0 spiro atoms. The summed E-state index contributed by atoms with van der Waals surface area (Å²) in [6, 6.07) is 2.92. The molecule has 0 aliphatic heterocycles. The van der Waals surface area contributed by atoms with Gasteiger partial charge in [0, 0.05) is 11.6 Å². The highest BCUT2D eigenvalue weighted by Gasteiger charge is 2.20. The molecule has 22 heavy (non-hydrogen) atoms. The molecule has 0 fully saturated rings. The molecule has 0 saturated heterocycles. The molecule has 0 bridgehead atoms. The van der Waals surface area contributed by atoms with Gasteiger partial charge in [-0.3, -0.25) is 4.79 Å². The number of amides is 1. The van der Waals surface area contributed by atoms with Crippen LogP contribution in [0.4, 0.5) is 14.5 Å². The molecule has 2 rings (SSSR count). The normalized spacial score (nSPS) is 10.4. The Labute approximate surface area is 132 Å². The monoisotopic (exact) mass is 373 g/mol. The number of methoxy groups -OCH3 is 1. The lowest BCUT2D eigenvalue weighted by Gasteiger charge is -2.08. The van der Waals surface area contributed by atoms with Gasteiger partial charge in [0.15, 0.2) is 10.4 Å². The second kappa shape index (κ2) is 6.27. The fraction of sp³-hybridized carbons (Fsp3) is 0.143. The topological polar surface area (TPSA) is 68.5 Å². The summed E-state index contributed by atoms with van der Waals surface area (Å²) in [4.78, 5) is 23.4. The first kappa shape index (κ1) is 16.2. The van der Waals surface area contributed by atoms with Gasteiger partial charge in [0.1, 0.15) is 11.6 Å². The summed E-state index contributed by atoms with van der Waals surface area (Å²) in [5.74, 6) is -3.86.